The Morgan fingerprint density at radius 2 is 1.53 bits per heavy atom. The molecule has 0 heterocycles. The Morgan fingerprint density at radius 1 is 0.833 bits per heavy atom. The van der Waals surface area contributed by atoms with Crippen LogP contribution in [0.2, 0.25) is 10.0 Å². The van der Waals surface area contributed by atoms with Gasteiger partial charge in [0.25, 0.3) is 0 Å². The molecule has 200 valence electrons. The molecule has 7 heteroatoms. The maximum Gasteiger partial charge on any atom is 0.124 e. The van der Waals surface area contributed by atoms with Gasteiger partial charge in [-0.05, 0) is 74.4 Å². The van der Waals surface area contributed by atoms with E-state index < -0.39 is 0 Å². The Kier molecular flexibility index (Phi) is 16.5. The second kappa shape index (κ2) is 18.1. The first-order chi connectivity index (χ1) is 16.6. The van der Waals surface area contributed by atoms with Gasteiger partial charge in [-0.2, -0.15) is 0 Å². The third-order valence-electron chi connectivity index (χ3n) is 6.18. The quantitative estimate of drug-likeness (QED) is 0.184. The molecule has 3 aromatic rings. The van der Waals surface area contributed by atoms with Gasteiger partial charge >= 0.3 is 0 Å². The van der Waals surface area contributed by atoms with Crippen LogP contribution in [0.1, 0.15) is 57.1 Å². The van der Waals surface area contributed by atoms with Crippen molar-refractivity contribution in [1.29, 1.82) is 0 Å². The molecule has 0 aliphatic rings. The van der Waals surface area contributed by atoms with Crippen molar-refractivity contribution >= 4 is 58.8 Å². The third-order valence-corrected chi connectivity index (χ3v) is 6.77. The zero-order valence-corrected chi connectivity index (χ0v) is 24.5. The summed E-state index contributed by atoms with van der Waals surface area (Å²) in [5.41, 5.74) is 2.12. The molecule has 0 amide bonds. The minimum Gasteiger partial charge on any atom is -0.488 e. The van der Waals surface area contributed by atoms with Crippen LogP contribution in [0.3, 0.4) is 0 Å². The molecule has 0 aliphatic heterocycles. The molecule has 0 saturated heterocycles. The Balaban J connectivity index is 0.00000324. The lowest BCUT2D eigenvalue weighted by Gasteiger charge is -2.22. The standard InChI is InChI=1S/C29H38Cl2N2O.2ClH/c1-3-5-17-33(18-6-4-2)19-9-16-32-21-27-26-11-8-7-10-23(26)13-15-29(27)34-22-24-12-14-25(30)20-28(24)31;;/h7-8,10-15,20,32H,3-6,9,16-19,21-22H2,1-2H3;2*1H. The second-order valence-corrected chi connectivity index (χ2v) is 9.71. The van der Waals surface area contributed by atoms with Gasteiger partial charge in [-0.1, -0.05) is 86.3 Å². The zero-order chi connectivity index (χ0) is 24.2. The van der Waals surface area contributed by atoms with Crippen molar-refractivity contribution in [2.75, 3.05) is 26.2 Å². The molecule has 0 atom stereocenters. The smallest absolute Gasteiger partial charge is 0.124 e. The predicted octanol–water partition coefficient (Wildman–Crippen LogP) is 8.95. The fourth-order valence-corrected chi connectivity index (χ4v) is 4.63. The Labute approximate surface area is 239 Å². The number of hydrogen-bond acceptors (Lipinski definition) is 3. The summed E-state index contributed by atoms with van der Waals surface area (Å²) >= 11 is 12.4. The molecule has 0 spiro atoms. The van der Waals surface area contributed by atoms with E-state index in [1.54, 1.807) is 6.07 Å². The zero-order valence-electron chi connectivity index (χ0n) is 21.4. The van der Waals surface area contributed by atoms with Gasteiger partial charge in [0.1, 0.15) is 12.4 Å². The van der Waals surface area contributed by atoms with Crippen LogP contribution in [0.5, 0.6) is 5.75 Å². The fourth-order valence-electron chi connectivity index (χ4n) is 4.17. The lowest BCUT2D eigenvalue weighted by atomic mass is 10.0. The number of unbranched alkanes of at least 4 members (excludes halogenated alkanes) is 2. The van der Waals surface area contributed by atoms with Crippen LogP contribution in [-0.2, 0) is 13.2 Å². The molecule has 1 N–H and O–H groups in total. The summed E-state index contributed by atoms with van der Waals surface area (Å²) < 4.78 is 6.26. The van der Waals surface area contributed by atoms with E-state index in [0.717, 1.165) is 37.4 Å². The topological polar surface area (TPSA) is 24.5 Å². The van der Waals surface area contributed by atoms with Crippen molar-refractivity contribution in [2.24, 2.45) is 0 Å². The van der Waals surface area contributed by atoms with E-state index in [4.69, 9.17) is 27.9 Å². The van der Waals surface area contributed by atoms with Crippen molar-refractivity contribution in [3.05, 3.63) is 75.8 Å². The summed E-state index contributed by atoms with van der Waals surface area (Å²) in [4.78, 5) is 2.62. The van der Waals surface area contributed by atoms with Gasteiger partial charge in [-0.15, -0.1) is 24.8 Å². The third kappa shape index (κ3) is 10.3. The lowest BCUT2D eigenvalue weighted by molar-refractivity contribution is 0.260. The number of nitrogens with one attached hydrogen (secondary N) is 1. The highest BCUT2D eigenvalue weighted by molar-refractivity contribution is 6.35. The summed E-state index contributed by atoms with van der Waals surface area (Å²) in [6.07, 6.45) is 6.23. The van der Waals surface area contributed by atoms with Gasteiger partial charge < -0.3 is 15.0 Å². The number of fused-ring (bicyclic) bond motifs is 1. The van der Waals surface area contributed by atoms with Gasteiger partial charge in [0.15, 0.2) is 0 Å². The number of ether oxygens (including phenoxy) is 1. The van der Waals surface area contributed by atoms with E-state index in [-0.39, 0.29) is 24.8 Å². The number of halogens is 4. The lowest BCUT2D eigenvalue weighted by Crippen LogP contribution is -2.29. The van der Waals surface area contributed by atoms with Gasteiger partial charge in [-0.25, -0.2) is 0 Å². The van der Waals surface area contributed by atoms with Crippen LogP contribution >= 0.6 is 48.0 Å². The Hall–Kier alpha value is -1.20. The Bertz CT molecular complexity index is 1020. The van der Waals surface area contributed by atoms with Crippen LogP contribution in [-0.4, -0.2) is 31.1 Å². The first kappa shape index (κ1) is 32.8. The van der Waals surface area contributed by atoms with Crippen LogP contribution < -0.4 is 10.1 Å². The molecule has 0 unspecified atom stereocenters. The van der Waals surface area contributed by atoms with Crippen molar-refractivity contribution < 1.29 is 4.74 Å². The van der Waals surface area contributed by atoms with E-state index in [1.807, 2.05) is 12.1 Å². The van der Waals surface area contributed by atoms with E-state index in [1.165, 1.54) is 55.1 Å². The minimum atomic E-state index is 0. The molecule has 3 nitrogen and oxygen atoms in total. The second-order valence-electron chi connectivity index (χ2n) is 8.87. The van der Waals surface area contributed by atoms with E-state index in [9.17, 15) is 0 Å². The fraction of sp³-hybridized carbons (Fsp3) is 0.448. The largest absolute Gasteiger partial charge is 0.488 e. The highest BCUT2D eigenvalue weighted by Crippen LogP contribution is 2.30. The molecular formula is C29H40Cl4N2O. The maximum absolute atomic E-state index is 6.36. The van der Waals surface area contributed by atoms with Crippen LogP contribution in [0, 0.1) is 0 Å². The normalized spacial score (nSPS) is 10.8. The first-order valence-corrected chi connectivity index (χ1v) is 13.4. The molecule has 0 aromatic heterocycles. The molecule has 36 heavy (non-hydrogen) atoms. The SMILES string of the molecule is CCCCN(CCCC)CCCNCc1c(OCc2ccc(Cl)cc2Cl)ccc2ccccc12.Cl.Cl. The highest BCUT2D eigenvalue weighted by atomic mass is 35.5. The van der Waals surface area contributed by atoms with E-state index in [0.29, 0.717) is 16.7 Å². The molecule has 0 radical (unpaired) electrons. The van der Waals surface area contributed by atoms with Gasteiger partial charge in [0.2, 0.25) is 0 Å². The van der Waals surface area contributed by atoms with Gasteiger partial charge in [-0.3, -0.25) is 0 Å². The highest BCUT2D eigenvalue weighted by Gasteiger charge is 2.11. The van der Waals surface area contributed by atoms with Crippen molar-refractivity contribution in [3.63, 3.8) is 0 Å². The summed E-state index contributed by atoms with van der Waals surface area (Å²) in [6, 6.07) is 18.2. The molecule has 0 fully saturated rings. The molecule has 0 aliphatic carbocycles. The van der Waals surface area contributed by atoms with Crippen molar-refractivity contribution in [3.8, 4) is 5.75 Å². The number of hydrogen-bond donors (Lipinski definition) is 1. The number of benzene rings is 3. The molecule has 3 rings (SSSR count). The van der Waals surface area contributed by atoms with Crippen LogP contribution in [0.4, 0.5) is 0 Å². The van der Waals surface area contributed by atoms with Gasteiger partial charge in [0.05, 0.1) is 0 Å². The molecule has 0 saturated carbocycles. The number of nitrogens with zero attached hydrogens (tertiary/aromatic N) is 1. The predicted molar refractivity (Wildman–Crippen MR) is 162 cm³/mol. The summed E-state index contributed by atoms with van der Waals surface area (Å²) in [7, 11) is 0. The summed E-state index contributed by atoms with van der Waals surface area (Å²) in [5, 5.41) is 7.38. The van der Waals surface area contributed by atoms with Crippen LogP contribution in [0.25, 0.3) is 10.8 Å². The summed E-state index contributed by atoms with van der Waals surface area (Å²) in [6.45, 7) is 10.3. The van der Waals surface area contributed by atoms with Crippen molar-refractivity contribution in [2.45, 2.75) is 59.1 Å². The van der Waals surface area contributed by atoms with E-state index >= 15 is 0 Å². The maximum atomic E-state index is 6.36. The van der Waals surface area contributed by atoms with Gasteiger partial charge in [0, 0.05) is 27.7 Å². The summed E-state index contributed by atoms with van der Waals surface area (Å²) in [5.74, 6) is 0.893. The monoisotopic (exact) mass is 572 g/mol. The average Bonchev–Trinajstić information content (AvgIpc) is 2.85. The molecule has 3 aromatic carbocycles. The first-order valence-electron chi connectivity index (χ1n) is 12.6. The van der Waals surface area contributed by atoms with Crippen LogP contribution in [0.15, 0.2) is 54.6 Å². The van der Waals surface area contributed by atoms with Crippen molar-refractivity contribution in [1.82, 2.24) is 10.2 Å². The molecule has 0 bridgehead atoms. The number of rotatable bonds is 15. The minimum absolute atomic E-state index is 0. The molecular weight excluding hydrogens is 534 g/mol. The van der Waals surface area contributed by atoms with E-state index in [2.05, 4.69) is 60.5 Å². The average molecular weight is 574 g/mol. The Morgan fingerprint density at radius 3 is 2.22 bits per heavy atom.